The zero-order valence-electron chi connectivity index (χ0n) is 14.0. The lowest BCUT2D eigenvalue weighted by molar-refractivity contribution is 1.21. The van der Waals surface area contributed by atoms with Crippen molar-refractivity contribution in [3.8, 4) is 0 Å². The van der Waals surface area contributed by atoms with Crippen LogP contribution >= 0.6 is 0 Å². The Kier molecular flexibility index (Phi) is 6.08. The van der Waals surface area contributed by atoms with E-state index in [1.165, 1.54) is 11.1 Å². The van der Waals surface area contributed by atoms with Crippen molar-refractivity contribution in [1.82, 2.24) is 0 Å². The van der Waals surface area contributed by atoms with E-state index in [4.69, 9.17) is 11.5 Å². The summed E-state index contributed by atoms with van der Waals surface area (Å²) in [6.45, 7) is 4.12. The highest BCUT2D eigenvalue weighted by Gasteiger charge is 1.93. The minimum atomic E-state index is -0.0695. The topological polar surface area (TPSA) is 76.8 Å². The maximum atomic E-state index is 5.36. The lowest BCUT2D eigenvalue weighted by Gasteiger charge is -1.97. The van der Waals surface area contributed by atoms with Gasteiger partial charge < -0.3 is 11.5 Å². The highest BCUT2D eigenvalue weighted by Crippen LogP contribution is 2.08. The summed E-state index contributed by atoms with van der Waals surface area (Å²) >= 11 is 0. The van der Waals surface area contributed by atoms with Gasteiger partial charge in [-0.3, -0.25) is 0 Å². The molecule has 2 rings (SSSR count). The molecule has 0 bridgehead atoms. The third-order valence-electron chi connectivity index (χ3n) is 3.33. The zero-order valence-corrected chi connectivity index (χ0v) is 14.0. The van der Waals surface area contributed by atoms with Crippen molar-refractivity contribution in [1.29, 1.82) is 0 Å². The highest BCUT2D eigenvalue weighted by molar-refractivity contribution is 6.08. The molecule has 0 amide bonds. The first-order valence-corrected chi connectivity index (χ1v) is 7.69. The average molecular weight is 318 g/mol. The van der Waals surface area contributed by atoms with Gasteiger partial charge in [-0.05, 0) is 37.1 Å². The molecule has 0 aromatic heterocycles. The third kappa shape index (κ3) is 5.93. The SMILES string of the molecule is Cc1ccc(C=CC(C=Cc2ccc(C)cc2)=NN=C(N)N)cc1. The van der Waals surface area contributed by atoms with Crippen LogP contribution in [0.15, 0.2) is 70.9 Å². The van der Waals surface area contributed by atoms with Crippen LogP contribution in [0.1, 0.15) is 22.3 Å². The smallest absolute Gasteiger partial charge is 0.211 e. The molecule has 0 saturated carbocycles. The van der Waals surface area contributed by atoms with Crippen molar-refractivity contribution in [2.24, 2.45) is 21.7 Å². The second-order valence-electron chi connectivity index (χ2n) is 5.54. The summed E-state index contributed by atoms with van der Waals surface area (Å²) in [5.41, 5.74) is 16.0. The van der Waals surface area contributed by atoms with Crippen LogP contribution < -0.4 is 11.5 Å². The molecule has 0 spiro atoms. The van der Waals surface area contributed by atoms with Gasteiger partial charge in [0.15, 0.2) is 0 Å². The summed E-state index contributed by atoms with van der Waals surface area (Å²) in [5, 5.41) is 7.80. The van der Waals surface area contributed by atoms with E-state index in [1.54, 1.807) is 0 Å². The maximum Gasteiger partial charge on any atom is 0.211 e. The summed E-state index contributed by atoms with van der Waals surface area (Å²) in [6.07, 6.45) is 7.70. The van der Waals surface area contributed by atoms with E-state index in [1.807, 2.05) is 48.6 Å². The first-order chi connectivity index (χ1) is 11.5. The Morgan fingerprint density at radius 2 is 1.12 bits per heavy atom. The van der Waals surface area contributed by atoms with Crippen molar-refractivity contribution in [3.63, 3.8) is 0 Å². The van der Waals surface area contributed by atoms with Crippen molar-refractivity contribution in [3.05, 3.63) is 82.9 Å². The van der Waals surface area contributed by atoms with Gasteiger partial charge in [0, 0.05) is 0 Å². The molecule has 0 radical (unpaired) electrons. The molecule has 0 atom stereocenters. The average Bonchev–Trinajstić information content (AvgIpc) is 2.57. The van der Waals surface area contributed by atoms with Crippen LogP contribution in [0, 0.1) is 13.8 Å². The number of hydrogen-bond donors (Lipinski definition) is 2. The predicted octanol–water partition coefficient (Wildman–Crippen LogP) is 3.66. The fourth-order valence-electron chi connectivity index (χ4n) is 1.96. The molecule has 0 aliphatic carbocycles. The second kappa shape index (κ2) is 8.48. The van der Waals surface area contributed by atoms with Gasteiger partial charge in [0.25, 0.3) is 0 Å². The largest absolute Gasteiger partial charge is 0.369 e. The van der Waals surface area contributed by atoms with E-state index < -0.39 is 0 Å². The van der Waals surface area contributed by atoms with Gasteiger partial charge in [0.05, 0.1) is 5.71 Å². The lowest BCUT2D eigenvalue weighted by atomic mass is 10.1. The number of allylic oxidation sites excluding steroid dienone is 2. The zero-order chi connectivity index (χ0) is 17.4. The predicted molar refractivity (Wildman–Crippen MR) is 104 cm³/mol. The van der Waals surface area contributed by atoms with E-state index in [-0.39, 0.29) is 5.96 Å². The molecule has 0 heterocycles. The first-order valence-electron chi connectivity index (χ1n) is 7.69. The van der Waals surface area contributed by atoms with E-state index in [0.29, 0.717) is 5.71 Å². The standard InChI is InChI=1S/C20H22N4/c1-15-3-7-17(8-4-15)11-13-19(23-24-20(21)22)14-12-18-9-5-16(2)6-10-18/h3-14H,1-2H3,(H4,21,22,24). The van der Waals surface area contributed by atoms with Gasteiger partial charge in [-0.25, -0.2) is 0 Å². The van der Waals surface area contributed by atoms with Crippen LogP contribution in [0.2, 0.25) is 0 Å². The van der Waals surface area contributed by atoms with Gasteiger partial charge >= 0.3 is 0 Å². The van der Waals surface area contributed by atoms with Crippen LogP contribution in [0.25, 0.3) is 12.2 Å². The molecule has 24 heavy (non-hydrogen) atoms. The van der Waals surface area contributed by atoms with Gasteiger partial charge in [0.1, 0.15) is 0 Å². The van der Waals surface area contributed by atoms with Crippen molar-refractivity contribution in [2.75, 3.05) is 0 Å². The molecule has 0 fully saturated rings. The minimum Gasteiger partial charge on any atom is -0.369 e. The molecule has 0 aliphatic heterocycles. The molecule has 4 N–H and O–H groups in total. The van der Waals surface area contributed by atoms with Crippen molar-refractivity contribution < 1.29 is 0 Å². The quantitative estimate of drug-likeness (QED) is 0.501. The van der Waals surface area contributed by atoms with Gasteiger partial charge in [-0.2, -0.15) is 0 Å². The number of aryl methyl sites for hydroxylation is 2. The number of guanidine groups is 1. The van der Waals surface area contributed by atoms with E-state index in [9.17, 15) is 0 Å². The fraction of sp³-hybridized carbons (Fsp3) is 0.100. The Labute approximate surface area is 142 Å². The minimum absolute atomic E-state index is 0.0695. The second-order valence-corrected chi connectivity index (χ2v) is 5.54. The molecular formula is C20H22N4. The fourth-order valence-corrected chi connectivity index (χ4v) is 1.96. The normalized spacial score (nSPS) is 10.9. The van der Waals surface area contributed by atoms with E-state index in [2.05, 4.69) is 48.3 Å². The van der Waals surface area contributed by atoms with E-state index in [0.717, 1.165) is 11.1 Å². The lowest BCUT2D eigenvalue weighted by Crippen LogP contribution is -2.22. The van der Waals surface area contributed by atoms with Crippen molar-refractivity contribution >= 4 is 23.8 Å². The molecule has 2 aromatic carbocycles. The number of nitrogens with two attached hydrogens (primary N) is 2. The Morgan fingerprint density at radius 3 is 1.50 bits per heavy atom. The Bertz CT molecular complexity index is 718. The maximum absolute atomic E-state index is 5.36. The molecule has 0 aliphatic rings. The Hall–Kier alpha value is -3.14. The van der Waals surface area contributed by atoms with Crippen LogP contribution in [0.5, 0.6) is 0 Å². The molecular weight excluding hydrogens is 296 g/mol. The monoisotopic (exact) mass is 318 g/mol. The summed E-state index contributed by atoms with van der Waals surface area (Å²) in [4.78, 5) is 0. The van der Waals surface area contributed by atoms with Crippen LogP contribution in [-0.4, -0.2) is 11.7 Å². The third-order valence-corrected chi connectivity index (χ3v) is 3.33. The number of rotatable bonds is 5. The molecule has 122 valence electrons. The van der Waals surface area contributed by atoms with Crippen molar-refractivity contribution in [2.45, 2.75) is 13.8 Å². The summed E-state index contributed by atoms with van der Waals surface area (Å²) < 4.78 is 0. The summed E-state index contributed by atoms with van der Waals surface area (Å²) in [6, 6.07) is 16.5. The Balaban J connectivity index is 2.21. The Morgan fingerprint density at radius 1 is 0.708 bits per heavy atom. The van der Waals surface area contributed by atoms with Crippen LogP contribution in [-0.2, 0) is 0 Å². The van der Waals surface area contributed by atoms with Gasteiger partial charge in [-0.15, -0.1) is 10.2 Å². The summed E-state index contributed by atoms with van der Waals surface area (Å²) in [7, 11) is 0. The molecule has 4 nitrogen and oxygen atoms in total. The highest BCUT2D eigenvalue weighted by atomic mass is 15.3. The molecule has 0 saturated heterocycles. The summed E-state index contributed by atoms with van der Waals surface area (Å²) in [5.74, 6) is -0.0695. The van der Waals surface area contributed by atoms with Gasteiger partial charge in [-0.1, -0.05) is 71.8 Å². The van der Waals surface area contributed by atoms with Crippen LogP contribution in [0.3, 0.4) is 0 Å². The first kappa shape index (κ1) is 17.2. The molecule has 0 unspecified atom stereocenters. The van der Waals surface area contributed by atoms with E-state index >= 15 is 0 Å². The molecule has 2 aromatic rings. The number of nitrogens with zero attached hydrogens (tertiary/aromatic N) is 2. The van der Waals surface area contributed by atoms with Gasteiger partial charge in [0.2, 0.25) is 5.96 Å². The number of hydrogen-bond acceptors (Lipinski definition) is 2. The molecule has 4 heteroatoms. The van der Waals surface area contributed by atoms with Crippen LogP contribution in [0.4, 0.5) is 0 Å². The number of benzene rings is 2.